The number of piperidine rings is 2. The molecule has 3 rings (SSSR count). The highest BCUT2D eigenvalue weighted by atomic mass is 16.2. The molecular weight excluding hydrogens is 322 g/mol. The summed E-state index contributed by atoms with van der Waals surface area (Å²) in [6.07, 6.45) is 14.0. The van der Waals surface area contributed by atoms with Gasteiger partial charge in [0.05, 0.1) is 0 Å². The largest absolute Gasteiger partial charge is 0.343 e. The summed E-state index contributed by atoms with van der Waals surface area (Å²) in [5.41, 5.74) is 0. The molecule has 2 saturated heterocycles. The maximum absolute atomic E-state index is 12.7. The second-order valence-electron chi connectivity index (χ2n) is 9.35. The van der Waals surface area contributed by atoms with Crippen LogP contribution >= 0.6 is 0 Å². The van der Waals surface area contributed by atoms with Gasteiger partial charge in [-0.25, -0.2) is 0 Å². The highest BCUT2D eigenvalue weighted by molar-refractivity contribution is 5.76. The van der Waals surface area contributed by atoms with Crippen LogP contribution in [0.2, 0.25) is 0 Å². The van der Waals surface area contributed by atoms with E-state index < -0.39 is 0 Å². The zero-order valence-electron chi connectivity index (χ0n) is 17.3. The van der Waals surface area contributed by atoms with Gasteiger partial charge >= 0.3 is 0 Å². The van der Waals surface area contributed by atoms with E-state index in [-0.39, 0.29) is 0 Å². The molecule has 1 aliphatic carbocycles. The fourth-order valence-electron chi connectivity index (χ4n) is 5.38. The van der Waals surface area contributed by atoms with Crippen LogP contribution in [-0.2, 0) is 4.79 Å². The molecule has 0 aromatic carbocycles. The average Bonchev–Trinajstić information content (AvgIpc) is 2.67. The molecule has 2 aliphatic heterocycles. The topological polar surface area (TPSA) is 26.8 Å². The number of likely N-dealkylation sites (tertiary alicyclic amines) is 2. The van der Waals surface area contributed by atoms with Crippen LogP contribution < -0.4 is 0 Å². The zero-order chi connectivity index (χ0) is 18.4. The lowest BCUT2D eigenvalue weighted by atomic mass is 9.87. The minimum absolute atomic E-state index is 0.379. The Balaban J connectivity index is 1.37. The highest BCUT2D eigenvalue weighted by Gasteiger charge is 2.26. The average molecular weight is 364 g/mol. The molecular formula is C22H41N3O. The molecule has 4 nitrogen and oxygen atoms in total. The second-order valence-corrected chi connectivity index (χ2v) is 9.35. The standard InChI is InChI=1S/C22H41N3O/c1-23-15-12-21(13-16-23)24(2)22(26)11-10-20-9-6-14-25(18-20)17-19-7-4-3-5-8-19/h19-21H,3-18H2,1-2H3. The molecule has 2 heterocycles. The Morgan fingerprint density at radius 2 is 1.62 bits per heavy atom. The van der Waals surface area contributed by atoms with E-state index in [0.717, 1.165) is 50.6 Å². The molecule has 1 unspecified atom stereocenters. The molecule has 1 amide bonds. The second kappa shape index (κ2) is 10.1. The third kappa shape index (κ3) is 5.95. The molecule has 1 saturated carbocycles. The van der Waals surface area contributed by atoms with Crippen molar-refractivity contribution < 1.29 is 4.79 Å². The van der Waals surface area contributed by atoms with E-state index in [1.807, 2.05) is 7.05 Å². The van der Waals surface area contributed by atoms with Gasteiger partial charge in [-0.2, -0.15) is 0 Å². The first kappa shape index (κ1) is 20.1. The summed E-state index contributed by atoms with van der Waals surface area (Å²) >= 11 is 0. The normalized spacial score (nSPS) is 27.5. The van der Waals surface area contributed by atoms with Crippen molar-refractivity contribution in [2.75, 3.05) is 46.8 Å². The van der Waals surface area contributed by atoms with Crippen LogP contribution in [0.4, 0.5) is 0 Å². The quantitative estimate of drug-likeness (QED) is 0.721. The highest BCUT2D eigenvalue weighted by Crippen LogP contribution is 2.28. The van der Waals surface area contributed by atoms with Crippen LogP contribution in [-0.4, -0.2) is 73.5 Å². The fraction of sp³-hybridized carbons (Fsp3) is 0.955. The fourth-order valence-corrected chi connectivity index (χ4v) is 5.38. The number of nitrogens with zero attached hydrogens (tertiary/aromatic N) is 3. The minimum atomic E-state index is 0.379. The first-order valence-corrected chi connectivity index (χ1v) is 11.3. The lowest BCUT2D eigenvalue weighted by Crippen LogP contribution is -2.44. The van der Waals surface area contributed by atoms with E-state index in [1.165, 1.54) is 64.6 Å². The van der Waals surface area contributed by atoms with E-state index >= 15 is 0 Å². The van der Waals surface area contributed by atoms with Crippen molar-refractivity contribution in [2.45, 2.75) is 76.7 Å². The maximum Gasteiger partial charge on any atom is 0.222 e. The molecule has 26 heavy (non-hydrogen) atoms. The maximum atomic E-state index is 12.7. The van der Waals surface area contributed by atoms with Crippen LogP contribution in [0.5, 0.6) is 0 Å². The van der Waals surface area contributed by atoms with Crippen LogP contribution in [0.3, 0.4) is 0 Å². The Morgan fingerprint density at radius 3 is 2.35 bits per heavy atom. The number of hydrogen-bond donors (Lipinski definition) is 0. The third-order valence-corrected chi connectivity index (χ3v) is 7.24. The van der Waals surface area contributed by atoms with Crippen molar-refractivity contribution >= 4 is 5.91 Å². The Labute approximate surface area is 161 Å². The predicted molar refractivity (Wildman–Crippen MR) is 108 cm³/mol. The zero-order valence-corrected chi connectivity index (χ0v) is 17.3. The molecule has 1 atom stereocenters. The molecule has 0 bridgehead atoms. The molecule has 150 valence electrons. The number of rotatable bonds is 6. The Hall–Kier alpha value is -0.610. The van der Waals surface area contributed by atoms with E-state index in [0.29, 0.717) is 11.9 Å². The van der Waals surface area contributed by atoms with Gasteiger partial charge in [-0.05, 0) is 83.5 Å². The first-order chi connectivity index (χ1) is 12.6. The lowest BCUT2D eigenvalue weighted by molar-refractivity contribution is -0.133. The van der Waals surface area contributed by atoms with Crippen molar-refractivity contribution in [3.05, 3.63) is 0 Å². The van der Waals surface area contributed by atoms with Crippen LogP contribution in [0.1, 0.15) is 70.6 Å². The van der Waals surface area contributed by atoms with Crippen molar-refractivity contribution in [1.29, 1.82) is 0 Å². The molecule has 0 aromatic rings. The molecule has 0 radical (unpaired) electrons. The van der Waals surface area contributed by atoms with Gasteiger partial charge in [-0.3, -0.25) is 4.79 Å². The summed E-state index contributed by atoms with van der Waals surface area (Å²) in [6, 6.07) is 0.466. The van der Waals surface area contributed by atoms with Gasteiger partial charge in [-0.1, -0.05) is 19.3 Å². The summed E-state index contributed by atoms with van der Waals surface area (Å²) in [6.45, 7) is 6.10. The minimum Gasteiger partial charge on any atom is -0.343 e. The van der Waals surface area contributed by atoms with Gasteiger partial charge in [0, 0.05) is 32.6 Å². The van der Waals surface area contributed by atoms with Crippen molar-refractivity contribution in [3.63, 3.8) is 0 Å². The predicted octanol–water partition coefficient (Wildman–Crippen LogP) is 3.61. The number of carbonyl (C=O) groups excluding carboxylic acids is 1. The smallest absolute Gasteiger partial charge is 0.222 e. The van der Waals surface area contributed by atoms with Crippen LogP contribution in [0, 0.1) is 11.8 Å². The summed E-state index contributed by atoms with van der Waals surface area (Å²) < 4.78 is 0. The Kier molecular flexibility index (Phi) is 7.80. The van der Waals surface area contributed by atoms with Gasteiger partial charge in [0.1, 0.15) is 0 Å². The van der Waals surface area contributed by atoms with Gasteiger partial charge < -0.3 is 14.7 Å². The molecule has 0 aromatic heterocycles. The number of carbonyl (C=O) groups is 1. The lowest BCUT2D eigenvalue weighted by Gasteiger charge is -2.37. The number of amides is 1. The van der Waals surface area contributed by atoms with Crippen molar-refractivity contribution in [2.24, 2.45) is 11.8 Å². The molecule has 3 aliphatic rings. The molecule has 0 spiro atoms. The van der Waals surface area contributed by atoms with Gasteiger partial charge in [0.15, 0.2) is 0 Å². The van der Waals surface area contributed by atoms with E-state index in [4.69, 9.17) is 0 Å². The molecule has 3 fully saturated rings. The number of hydrogen-bond acceptors (Lipinski definition) is 3. The molecule has 4 heteroatoms. The van der Waals surface area contributed by atoms with Crippen LogP contribution in [0.25, 0.3) is 0 Å². The van der Waals surface area contributed by atoms with E-state index in [2.05, 4.69) is 21.7 Å². The molecule has 0 N–H and O–H groups in total. The Bertz CT molecular complexity index is 427. The van der Waals surface area contributed by atoms with Crippen LogP contribution in [0.15, 0.2) is 0 Å². The summed E-state index contributed by atoms with van der Waals surface area (Å²) in [5, 5.41) is 0. The monoisotopic (exact) mass is 363 g/mol. The SMILES string of the molecule is CN1CCC(N(C)C(=O)CCC2CCCN(CC3CCCCC3)C2)CC1. The van der Waals surface area contributed by atoms with E-state index in [1.54, 1.807) is 0 Å². The van der Waals surface area contributed by atoms with Gasteiger partial charge in [0.25, 0.3) is 0 Å². The third-order valence-electron chi connectivity index (χ3n) is 7.24. The Morgan fingerprint density at radius 1 is 0.923 bits per heavy atom. The summed E-state index contributed by atoms with van der Waals surface area (Å²) in [5.74, 6) is 2.06. The first-order valence-electron chi connectivity index (χ1n) is 11.3. The van der Waals surface area contributed by atoms with Crippen molar-refractivity contribution in [3.8, 4) is 0 Å². The summed E-state index contributed by atoms with van der Waals surface area (Å²) in [7, 11) is 4.22. The summed E-state index contributed by atoms with van der Waals surface area (Å²) in [4.78, 5) is 19.8. The van der Waals surface area contributed by atoms with Gasteiger partial charge in [0.2, 0.25) is 5.91 Å². The van der Waals surface area contributed by atoms with Gasteiger partial charge in [-0.15, -0.1) is 0 Å². The van der Waals surface area contributed by atoms with E-state index in [9.17, 15) is 4.79 Å². The van der Waals surface area contributed by atoms with Crippen molar-refractivity contribution in [1.82, 2.24) is 14.7 Å².